The van der Waals surface area contributed by atoms with E-state index in [0.717, 1.165) is 11.3 Å². The number of fused-ring (bicyclic) bond motifs is 1. The Kier molecular flexibility index (Phi) is 4.63. The summed E-state index contributed by atoms with van der Waals surface area (Å²) >= 11 is 0. The number of aromatic nitrogens is 1. The minimum absolute atomic E-state index is 0.0334. The van der Waals surface area contributed by atoms with E-state index in [9.17, 15) is 4.79 Å². The summed E-state index contributed by atoms with van der Waals surface area (Å²) in [6, 6.07) is 8.69. The summed E-state index contributed by atoms with van der Waals surface area (Å²) in [4.78, 5) is 16.0. The smallest absolute Gasteiger partial charge is 0.241 e. The minimum atomic E-state index is -0.520. The van der Waals surface area contributed by atoms with E-state index in [-0.39, 0.29) is 11.3 Å². The van der Waals surface area contributed by atoms with E-state index in [4.69, 9.17) is 15.2 Å². The molecule has 0 unspecified atom stereocenters. The van der Waals surface area contributed by atoms with Crippen LogP contribution in [0.25, 0.3) is 0 Å². The third kappa shape index (κ3) is 3.74. The summed E-state index contributed by atoms with van der Waals surface area (Å²) in [7, 11) is 0. The number of carbonyl (C=O) groups is 1. The number of ether oxygens (including phenoxy) is 2. The van der Waals surface area contributed by atoms with Gasteiger partial charge in [0.1, 0.15) is 11.5 Å². The number of rotatable bonds is 5. The van der Waals surface area contributed by atoms with Crippen LogP contribution < -0.4 is 20.5 Å². The van der Waals surface area contributed by atoms with Gasteiger partial charge in [-0.15, -0.1) is 0 Å². The van der Waals surface area contributed by atoms with Gasteiger partial charge in [-0.1, -0.05) is 20.8 Å². The van der Waals surface area contributed by atoms with E-state index in [1.165, 1.54) is 0 Å². The van der Waals surface area contributed by atoms with Crippen LogP contribution in [0.2, 0.25) is 0 Å². The molecule has 0 saturated heterocycles. The number of nitrogens with one attached hydrogen (secondary N) is 1. The van der Waals surface area contributed by atoms with Gasteiger partial charge < -0.3 is 20.5 Å². The normalized spacial score (nSPS) is 15.8. The molecule has 1 aliphatic heterocycles. The van der Waals surface area contributed by atoms with Crippen molar-refractivity contribution >= 4 is 11.6 Å². The molecule has 3 N–H and O–H groups in total. The van der Waals surface area contributed by atoms with Gasteiger partial charge in [-0.05, 0) is 30.7 Å². The zero-order valence-corrected chi connectivity index (χ0v) is 14.7. The highest BCUT2D eigenvalue weighted by atomic mass is 16.5. The lowest BCUT2D eigenvalue weighted by atomic mass is 9.87. The first kappa shape index (κ1) is 17.2. The van der Waals surface area contributed by atoms with Crippen molar-refractivity contribution in [1.29, 1.82) is 0 Å². The van der Waals surface area contributed by atoms with E-state index in [2.05, 4.69) is 24.1 Å². The maximum Gasteiger partial charge on any atom is 0.241 e. The molecule has 1 aromatic carbocycles. The average Bonchev–Trinajstić information content (AvgIpc) is 2.90. The van der Waals surface area contributed by atoms with Crippen LogP contribution in [0.1, 0.15) is 32.8 Å². The van der Waals surface area contributed by atoms with Crippen molar-refractivity contribution in [3.05, 3.63) is 42.1 Å². The van der Waals surface area contributed by atoms with Crippen LogP contribution in [-0.4, -0.2) is 23.5 Å². The second kappa shape index (κ2) is 6.72. The quantitative estimate of drug-likeness (QED) is 0.872. The molecule has 0 bridgehead atoms. The number of benzene rings is 1. The summed E-state index contributed by atoms with van der Waals surface area (Å²) in [5, 5.41) is 2.73. The van der Waals surface area contributed by atoms with E-state index in [0.29, 0.717) is 30.3 Å². The second-order valence-corrected chi connectivity index (χ2v) is 6.82. The zero-order valence-electron chi connectivity index (χ0n) is 14.7. The van der Waals surface area contributed by atoms with Crippen molar-refractivity contribution in [3.63, 3.8) is 0 Å². The van der Waals surface area contributed by atoms with Gasteiger partial charge in [-0.25, -0.2) is 4.98 Å². The Balaban J connectivity index is 1.69. The Labute approximate surface area is 147 Å². The van der Waals surface area contributed by atoms with Gasteiger partial charge in [-0.2, -0.15) is 0 Å². The molecule has 0 radical (unpaired) electrons. The summed E-state index contributed by atoms with van der Waals surface area (Å²) in [5.74, 6) is 1.83. The molecule has 0 saturated carbocycles. The van der Waals surface area contributed by atoms with E-state index in [1.807, 2.05) is 25.1 Å². The number of anilines is 1. The Hall–Kier alpha value is -2.60. The molecule has 6 nitrogen and oxygen atoms in total. The van der Waals surface area contributed by atoms with Crippen LogP contribution in [0.15, 0.2) is 36.5 Å². The summed E-state index contributed by atoms with van der Waals surface area (Å²) in [6.45, 7) is 6.80. The maximum absolute atomic E-state index is 11.8. The second-order valence-electron chi connectivity index (χ2n) is 6.82. The number of nitrogens with two attached hydrogens (primary N) is 1. The minimum Gasteiger partial charge on any atom is -0.492 e. The topological polar surface area (TPSA) is 86.5 Å². The number of pyridine rings is 1. The van der Waals surface area contributed by atoms with Gasteiger partial charge in [0.05, 0.1) is 24.5 Å². The van der Waals surface area contributed by atoms with Gasteiger partial charge in [0, 0.05) is 17.0 Å². The highest BCUT2D eigenvalue weighted by Gasteiger charge is 2.32. The molecule has 0 fully saturated rings. The van der Waals surface area contributed by atoms with E-state index < -0.39 is 6.04 Å². The van der Waals surface area contributed by atoms with Crippen molar-refractivity contribution in [2.24, 2.45) is 5.73 Å². The first-order valence-corrected chi connectivity index (χ1v) is 8.37. The molecular weight excluding hydrogens is 318 g/mol. The Bertz CT molecular complexity index is 772. The SMILES string of the molecule is CC[C@@H](N)C(=O)Nc1ccc(Oc2ccc3c(c2)C(C)(C)CO3)nc1. The monoisotopic (exact) mass is 341 g/mol. The van der Waals surface area contributed by atoms with Crippen molar-refractivity contribution in [3.8, 4) is 17.4 Å². The van der Waals surface area contributed by atoms with Gasteiger partial charge in [0.25, 0.3) is 0 Å². The Morgan fingerprint density at radius 1 is 1.40 bits per heavy atom. The number of nitrogens with zero attached hydrogens (tertiary/aromatic N) is 1. The van der Waals surface area contributed by atoms with Crippen molar-refractivity contribution in [1.82, 2.24) is 4.98 Å². The molecular formula is C19H23N3O3. The van der Waals surface area contributed by atoms with E-state index >= 15 is 0 Å². The van der Waals surface area contributed by atoms with Gasteiger partial charge in [0.15, 0.2) is 0 Å². The molecule has 0 spiro atoms. The molecule has 0 aliphatic carbocycles. The lowest BCUT2D eigenvalue weighted by Crippen LogP contribution is -2.34. The number of hydrogen-bond acceptors (Lipinski definition) is 5. The molecule has 6 heteroatoms. The fourth-order valence-corrected chi connectivity index (χ4v) is 2.62. The molecule has 2 aromatic rings. The number of amides is 1. The van der Waals surface area contributed by atoms with E-state index in [1.54, 1.807) is 18.3 Å². The third-order valence-corrected chi connectivity index (χ3v) is 4.27. The molecule has 1 atom stereocenters. The highest BCUT2D eigenvalue weighted by molar-refractivity contribution is 5.94. The molecule has 25 heavy (non-hydrogen) atoms. The van der Waals surface area contributed by atoms with Crippen LogP contribution in [0.3, 0.4) is 0 Å². The molecule has 2 heterocycles. The predicted molar refractivity (Wildman–Crippen MR) is 96.2 cm³/mol. The number of hydrogen-bond donors (Lipinski definition) is 2. The maximum atomic E-state index is 11.8. The molecule has 3 rings (SSSR count). The van der Waals surface area contributed by atoms with Crippen molar-refractivity contribution in [2.75, 3.05) is 11.9 Å². The van der Waals surface area contributed by atoms with Crippen LogP contribution in [0.5, 0.6) is 17.4 Å². The molecule has 1 aromatic heterocycles. The predicted octanol–water partition coefficient (Wildman–Crippen LogP) is 3.22. The number of carbonyl (C=O) groups excluding carboxylic acids is 1. The first-order chi connectivity index (χ1) is 11.9. The van der Waals surface area contributed by atoms with Crippen LogP contribution >= 0.6 is 0 Å². The lowest BCUT2D eigenvalue weighted by Gasteiger charge is -2.16. The van der Waals surface area contributed by atoms with Crippen LogP contribution in [-0.2, 0) is 10.2 Å². The summed E-state index contributed by atoms with van der Waals surface area (Å²) in [5.41, 5.74) is 7.38. The Morgan fingerprint density at radius 3 is 2.88 bits per heavy atom. The van der Waals surface area contributed by atoms with Gasteiger partial charge in [-0.3, -0.25) is 4.79 Å². The fourth-order valence-electron chi connectivity index (χ4n) is 2.62. The largest absolute Gasteiger partial charge is 0.492 e. The van der Waals surface area contributed by atoms with Crippen LogP contribution in [0.4, 0.5) is 5.69 Å². The van der Waals surface area contributed by atoms with Crippen molar-refractivity contribution in [2.45, 2.75) is 38.6 Å². The Morgan fingerprint density at radius 2 is 2.20 bits per heavy atom. The van der Waals surface area contributed by atoms with Crippen molar-refractivity contribution < 1.29 is 14.3 Å². The fraction of sp³-hybridized carbons (Fsp3) is 0.368. The summed E-state index contributed by atoms with van der Waals surface area (Å²) in [6.07, 6.45) is 2.13. The third-order valence-electron chi connectivity index (χ3n) is 4.27. The van der Waals surface area contributed by atoms with Gasteiger partial charge in [0.2, 0.25) is 11.8 Å². The van der Waals surface area contributed by atoms with Gasteiger partial charge >= 0.3 is 0 Å². The highest BCUT2D eigenvalue weighted by Crippen LogP contribution is 2.40. The lowest BCUT2D eigenvalue weighted by molar-refractivity contribution is -0.117. The summed E-state index contributed by atoms with van der Waals surface area (Å²) < 4.78 is 11.5. The molecule has 1 amide bonds. The van der Waals surface area contributed by atoms with Crippen LogP contribution in [0, 0.1) is 0 Å². The zero-order chi connectivity index (χ0) is 18.0. The first-order valence-electron chi connectivity index (χ1n) is 8.37. The average molecular weight is 341 g/mol. The molecule has 1 aliphatic rings. The standard InChI is InChI=1S/C19H23N3O3/c1-4-15(20)18(23)22-12-5-8-17(21-10-12)25-13-6-7-16-14(9-13)19(2,3)11-24-16/h5-10,15H,4,11,20H2,1-3H3,(H,22,23)/t15-/m1/s1. The molecule has 132 valence electrons.